The van der Waals surface area contributed by atoms with Gasteiger partial charge in [0, 0.05) is 12.6 Å². The second-order valence-corrected chi connectivity index (χ2v) is 4.13. The minimum atomic E-state index is -0.320. The number of primary amides is 1. The molecule has 0 aromatic heterocycles. The summed E-state index contributed by atoms with van der Waals surface area (Å²) in [5.41, 5.74) is 6.21. The van der Waals surface area contributed by atoms with E-state index in [1.807, 2.05) is 30.1 Å². The van der Waals surface area contributed by atoms with Crippen LogP contribution in [-0.4, -0.2) is 45.2 Å². The highest BCUT2D eigenvalue weighted by Gasteiger charge is 2.07. The molecule has 0 fully saturated rings. The molecule has 1 aromatic carbocycles. The molecular weight excluding hydrogens is 232 g/mol. The molecule has 0 spiro atoms. The topological polar surface area (TPSA) is 64.8 Å². The van der Waals surface area contributed by atoms with Crippen molar-refractivity contribution >= 4 is 5.91 Å². The molecule has 1 amide bonds. The summed E-state index contributed by atoms with van der Waals surface area (Å²) in [6, 6.07) is 5.71. The van der Waals surface area contributed by atoms with Crippen molar-refractivity contribution < 1.29 is 14.3 Å². The van der Waals surface area contributed by atoms with Gasteiger partial charge in [0.25, 0.3) is 0 Å². The zero-order valence-electron chi connectivity index (χ0n) is 11.1. The fraction of sp³-hybridized carbons (Fsp3) is 0.462. The first-order valence-electron chi connectivity index (χ1n) is 5.74. The van der Waals surface area contributed by atoms with Crippen LogP contribution >= 0.6 is 0 Å². The zero-order chi connectivity index (χ0) is 13.5. The number of hydrogen-bond donors (Lipinski definition) is 1. The molecule has 0 aliphatic heterocycles. The van der Waals surface area contributed by atoms with Gasteiger partial charge in [0.15, 0.2) is 0 Å². The molecule has 0 aliphatic rings. The number of carbonyl (C=O) groups excluding carboxylic acids is 1. The fourth-order valence-electron chi connectivity index (χ4n) is 1.71. The SMILES string of the molecule is COc1ccc(CCN(C)CC(N)=O)c(OC)c1. The van der Waals surface area contributed by atoms with Crippen LogP contribution in [0.25, 0.3) is 0 Å². The molecule has 5 nitrogen and oxygen atoms in total. The van der Waals surface area contributed by atoms with Crippen LogP contribution in [0.3, 0.4) is 0 Å². The van der Waals surface area contributed by atoms with Gasteiger partial charge in [0.2, 0.25) is 5.91 Å². The van der Waals surface area contributed by atoms with Crippen molar-refractivity contribution in [1.29, 1.82) is 0 Å². The third kappa shape index (κ3) is 4.25. The Morgan fingerprint density at radius 1 is 1.33 bits per heavy atom. The predicted molar refractivity (Wildman–Crippen MR) is 69.9 cm³/mol. The maximum absolute atomic E-state index is 10.8. The average Bonchev–Trinajstić information content (AvgIpc) is 2.35. The van der Waals surface area contributed by atoms with Crippen LogP contribution in [0, 0.1) is 0 Å². The summed E-state index contributed by atoms with van der Waals surface area (Å²) in [5, 5.41) is 0. The first kappa shape index (κ1) is 14.3. The van der Waals surface area contributed by atoms with Crippen molar-refractivity contribution in [1.82, 2.24) is 4.90 Å². The highest BCUT2D eigenvalue weighted by atomic mass is 16.5. The summed E-state index contributed by atoms with van der Waals surface area (Å²) in [7, 11) is 5.11. The summed E-state index contributed by atoms with van der Waals surface area (Å²) >= 11 is 0. The largest absolute Gasteiger partial charge is 0.497 e. The summed E-state index contributed by atoms with van der Waals surface area (Å²) < 4.78 is 10.4. The van der Waals surface area contributed by atoms with Gasteiger partial charge in [-0.2, -0.15) is 0 Å². The molecule has 0 bridgehead atoms. The Balaban J connectivity index is 2.64. The van der Waals surface area contributed by atoms with Gasteiger partial charge in [-0.3, -0.25) is 9.69 Å². The number of amides is 1. The van der Waals surface area contributed by atoms with E-state index in [-0.39, 0.29) is 12.5 Å². The maximum Gasteiger partial charge on any atom is 0.231 e. The molecule has 0 aliphatic carbocycles. The number of nitrogens with zero attached hydrogens (tertiary/aromatic N) is 1. The van der Waals surface area contributed by atoms with Crippen molar-refractivity contribution in [2.75, 3.05) is 34.4 Å². The monoisotopic (exact) mass is 252 g/mol. The van der Waals surface area contributed by atoms with Gasteiger partial charge in [0.1, 0.15) is 11.5 Å². The van der Waals surface area contributed by atoms with Gasteiger partial charge in [-0.05, 0) is 25.1 Å². The first-order valence-corrected chi connectivity index (χ1v) is 5.74. The molecule has 5 heteroatoms. The first-order chi connectivity index (χ1) is 8.56. The van der Waals surface area contributed by atoms with Crippen molar-refractivity contribution in [2.24, 2.45) is 5.73 Å². The van der Waals surface area contributed by atoms with Gasteiger partial charge < -0.3 is 15.2 Å². The maximum atomic E-state index is 10.8. The van der Waals surface area contributed by atoms with Crippen molar-refractivity contribution in [3.05, 3.63) is 23.8 Å². The van der Waals surface area contributed by atoms with Crippen LogP contribution in [0.2, 0.25) is 0 Å². The summed E-state index contributed by atoms with van der Waals surface area (Å²) in [6.07, 6.45) is 0.789. The lowest BCUT2D eigenvalue weighted by Gasteiger charge is -2.16. The van der Waals surface area contributed by atoms with Crippen molar-refractivity contribution in [2.45, 2.75) is 6.42 Å². The molecule has 0 saturated carbocycles. The Morgan fingerprint density at radius 2 is 2.06 bits per heavy atom. The Kier molecular flexibility index (Phi) is 5.45. The van der Waals surface area contributed by atoms with Crippen LogP contribution in [-0.2, 0) is 11.2 Å². The molecule has 0 saturated heterocycles. The van der Waals surface area contributed by atoms with E-state index in [4.69, 9.17) is 15.2 Å². The summed E-state index contributed by atoms with van der Waals surface area (Å²) in [4.78, 5) is 12.6. The number of rotatable bonds is 7. The van der Waals surface area contributed by atoms with Gasteiger partial charge in [-0.15, -0.1) is 0 Å². The summed E-state index contributed by atoms with van der Waals surface area (Å²) in [5.74, 6) is 1.24. The molecule has 2 N–H and O–H groups in total. The Bertz CT molecular complexity index is 407. The van der Waals surface area contributed by atoms with E-state index >= 15 is 0 Å². The molecule has 1 aromatic rings. The van der Waals surface area contributed by atoms with E-state index in [0.29, 0.717) is 0 Å². The molecule has 0 atom stereocenters. The molecular formula is C13H20N2O3. The number of ether oxygens (including phenoxy) is 2. The Labute approximate surface area is 107 Å². The zero-order valence-corrected chi connectivity index (χ0v) is 11.1. The highest BCUT2D eigenvalue weighted by Crippen LogP contribution is 2.24. The molecule has 0 heterocycles. The van der Waals surface area contributed by atoms with Crippen LogP contribution < -0.4 is 15.2 Å². The third-order valence-corrected chi connectivity index (χ3v) is 2.68. The smallest absolute Gasteiger partial charge is 0.231 e. The van der Waals surface area contributed by atoms with Gasteiger partial charge >= 0.3 is 0 Å². The quantitative estimate of drug-likeness (QED) is 0.774. The lowest BCUT2D eigenvalue weighted by Crippen LogP contribution is -2.32. The van der Waals surface area contributed by atoms with Crippen LogP contribution in [0.4, 0.5) is 0 Å². The number of hydrogen-bond acceptors (Lipinski definition) is 4. The number of methoxy groups -OCH3 is 2. The number of nitrogens with two attached hydrogens (primary N) is 1. The van der Waals surface area contributed by atoms with Gasteiger partial charge in [-0.25, -0.2) is 0 Å². The van der Waals surface area contributed by atoms with E-state index < -0.39 is 0 Å². The minimum absolute atomic E-state index is 0.262. The molecule has 100 valence electrons. The predicted octanol–water partition coefficient (Wildman–Crippen LogP) is 0.663. The van der Waals surface area contributed by atoms with Gasteiger partial charge in [-0.1, -0.05) is 6.07 Å². The van der Waals surface area contributed by atoms with Gasteiger partial charge in [0.05, 0.1) is 20.8 Å². The molecule has 0 unspecified atom stereocenters. The highest BCUT2D eigenvalue weighted by molar-refractivity contribution is 5.75. The second kappa shape index (κ2) is 6.86. The fourth-order valence-corrected chi connectivity index (χ4v) is 1.71. The van der Waals surface area contributed by atoms with E-state index in [1.54, 1.807) is 14.2 Å². The van der Waals surface area contributed by atoms with E-state index in [9.17, 15) is 4.79 Å². The lowest BCUT2D eigenvalue weighted by atomic mass is 10.1. The summed E-state index contributed by atoms with van der Waals surface area (Å²) in [6.45, 7) is 1.00. The number of benzene rings is 1. The minimum Gasteiger partial charge on any atom is -0.497 e. The standard InChI is InChI=1S/C13H20N2O3/c1-15(9-13(14)16)7-6-10-4-5-11(17-2)8-12(10)18-3/h4-5,8H,6-7,9H2,1-3H3,(H2,14,16). The van der Waals surface area contributed by atoms with Crippen molar-refractivity contribution in [3.8, 4) is 11.5 Å². The third-order valence-electron chi connectivity index (χ3n) is 2.68. The van der Waals surface area contributed by atoms with E-state index in [2.05, 4.69) is 0 Å². The molecule has 18 heavy (non-hydrogen) atoms. The molecule has 0 radical (unpaired) electrons. The van der Waals surface area contributed by atoms with Crippen molar-refractivity contribution in [3.63, 3.8) is 0 Å². The number of carbonyl (C=O) groups is 1. The van der Waals surface area contributed by atoms with E-state index in [0.717, 1.165) is 30.0 Å². The van der Waals surface area contributed by atoms with Crippen LogP contribution in [0.15, 0.2) is 18.2 Å². The van der Waals surface area contributed by atoms with E-state index in [1.165, 1.54) is 0 Å². The Morgan fingerprint density at radius 3 is 2.61 bits per heavy atom. The molecule has 1 rings (SSSR count). The van der Waals surface area contributed by atoms with Crippen LogP contribution in [0.1, 0.15) is 5.56 Å². The normalized spacial score (nSPS) is 10.4. The average molecular weight is 252 g/mol. The van der Waals surface area contributed by atoms with Crippen LogP contribution in [0.5, 0.6) is 11.5 Å². The number of likely N-dealkylation sites (N-methyl/N-ethyl adjacent to an activating group) is 1. The second-order valence-electron chi connectivity index (χ2n) is 4.13. The Hall–Kier alpha value is -1.75. The lowest BCUT2D eigenvalue weighted by molar-refractivity contribution is -0.118.